The van der Waals surface area contributed by atoms with Crippen molar-refractivity contribution in [1.82, 2.24) is 10.2 Å². The Balaban J connectivity index is 3.17. The van der Waals surface area contributed by atoms with Gasteiger partial charge in [0.15, 0.2) is 0 Å². The van der Waals surface area contributed by atoms with Gasteiger partial charge in [0.05, 0.1) is 10.5 Å². The Hall–Kier alpha value is -1.82. The van der Waals surface area contributed by atoms with E-state index in [-0.39, 0.29) is 5.70 Å². The summed E-state index contributed by atoms with van der Waals surface area (Å²) in [6.45, 7) is 1.75. The molecule has 0 aromatic heterocycles. The molecular weight excluding hydrogens is 210 g/mol. The third-order valence-electron chi connectivity index (χ3n) is 2.15. The quantitative estimate of drug-likeness (QED) is 0.537. The van der Waals surface area contributed by atoms with Gasteiger partial charge in [-0.2, -0.15) is 0 Å². The molecule has 1 unspecified atom stereocenters. The van der Waals surface area contributed by atoms with Crippen molar-refractivity contribution in [2.45, 2.75) is 13.2 Å². The van der Waals surface area contributed by atoms with Crippen molar-refractivity contribution in [1.29, 1.82) is 0 Å². The van der Waals surface area contributed by atoms with Gasteiger partial charge in [-0.15, -0.1) is 0 Å². The molecule has 0 spiro atoms. The Kier molecular flexibility index (Phi) is 3.68. The highest BCUT2D eigenvalue weighted by Crippen LogP contribution is 2.22. The van der Waals surface area contributed by atoms with Crippen molar-refractivity contribution in [3.8, 4) is 0 Å². The molecule has 0 radical (unpaired) electrons. The van der Waals surface area contributed by atoms with Crippen molar-refractivity contribution in [3.05, 3.63) is 45.4 Å². The zero-order valence-electron chi connectivity index (χ0n) is 9.47. The van der Waals surface area contributed by atoms with Crippen LogP contribution in [0.1, 0.15) is 6.92 Å². The van der Waals surface area contributed by atoms with Gasteiger partial charge in [0.1, 0.15) is 0 Å². The van der Waals surface area contributed by atoms with E-state index in [0.29, 0.717) is 5.57 Å². The maximum Gasteiger partial charge on any atom is 0.302 e. The van der Waals surface area contributed by atoms with E-state index in [4.69, 9.17) is 0 Å². The fourth-order valence-electron chi connectivity index (χ4n) is 1.35. The van der Waals surface area contributed by atoms with Gasteiger partial charge in [-0.3, -0.25) is 10.1 Å². The second-order valence-corrected chi connectivity index (χ2v) is 3.73. The molecule has 1 aliphatic rings. The Morgan fingerprint density at radius 2 is 2.25 bits per heavy atom. The zero-order valence-corrected chi connectivity index (χ0v) is 9.47. The van der Waals surface area contributed by atoms with Gasteiger partial charge in [0.2, 0.25) is 6.23 Å². The minimum Gasteiger partial charge on any atom is -0.383 e. The Labute approximate surface area is 93.7 Å². The fourth-order valence-corrected chi connectivity index (χ4v) is 1.35. The number of dihydropyridines is 1. The normalized spacial score (nSPS) is 20.8. The summed E-state index contributed by atoms with van der Waals surface area (Å²) in [6.07, 6.45) is 3.62. The molecule has 0 bridgehead atoms. The van der Waals surface area contributed by atoms with Crippen LogP contribution in [0.2, 0.25) is 0 Å². The standard InChI is InChI=1S/C10H15N3O3/c1-7-6-11-10(14)9(13(15)16)8(7)4-5-12(2)3/h4-6,10-11,14H,1-3H3/b5-4+. The highest BCUT2D eigenvalue weighted by Gasteiger charge is 2.29. The molecule has 0 saturated heterocycles. The van der Waals surface area contributed by atoms with Gasteiger partial charge in [0.25, 0.3) is 0 Å². The van der Waals surface area contributed by atoms with Crippen molar-refractivity contribution >= 4 is 0 Å². The number of nitrogens with one attached hydrogen (secondary N) is 1. The number of aliphatic hydroxyl groups excluding tert-OH is 1. The molecule has 1 rings (SSSR count). The van der Waals surface area contributed by atoms with Crippen LogP contribution in [-0.4, -0.2) is 35.3 Å². The molecule has 6 nitrogen and oxygen atoms in total. The molecule has 0 amide bonds. The molecule has 0 aromatic rings. The molecule has 1 atom stereocenters. The lowest BCUT2D eigenvalue weighted by molar-refractivity contribution is -0.438. The molecule has 0 fully saturated rings. The van der Waals surface area contributed by atoms with Gasteiger partial charge in [0, 0.05) is 20.3 Å². The Bertz CT molecular complexity index is 383. The second-order valence-electron chi connectivity index (χ2n) is 3.73. The topological polar surface area (TPSA) is 78.6 Å². The minimum absolute atomic E-state index is 0.224. The Morgan fingerprint density at radius 3 is 2.75 bits per heavy atom. The summed E-state index contributed by atoms with van der Waals surface area (Å²) in [7, 11) is 3.64. The number of aliphatic hydroxyl groups is 1. The predicted molar refractivity (Wildman–Crippen MR) is 59.7 cm³/mol. The molecule has 1 aliphatic heterocycles. The van der Waals surface area contributed by atoms with E-state index in [9.17, 15) is 15.2 Å². The summed E-state index contributed by atoms with van der Waals surface area (Å²) >= 11 is 0. The van der Waals surface area contributed by atoms with Crippen LogP contribution in [0.25, 0.3) is 0 Å². The molecule has 88 valence electrons. The van der Waals surface area contributed by atoms with Crippen LogP contribution in [0, 0.1) is 10.1 Å². The predicted octanol–water partition coefficient (Wildman–Crippen LogP) is 0.418. The lowest BCUT2D eigenvalue weighted by Crippen LogP contribution is -2.34. The molecular formula is C10H15N3O3. The molecule has 0 saturated carbocycles. The molecule has 0 aromatic carbocycles. The number of hydrogen-bond acceptors (Lipinski definition) is 5. The first-order chi connectivity index (χ1) is 7.43. The van der Waals surface area contributed by atoms with Gasteiger partial charge < -0.3 is 15.3 Å². The van der Waals surface area contributed by atoms with Crippen LogP contribution < -0.4 is 5.32 Å². The average Bonchev–Trinajstić information content (AvgIpc) is 2.18. The maximum atomic E-state index is 10.8. The first-order valence-corrected chi connectivity index (χ1v) is 4.78. The summed E-state index contributed by atoms with van der Waals surface area (Å²) in [5, 5.41) is 22.9. The zero-order chi connectivity index (χ0) is 12.3. The van der Waals surface area contributed by atoms with Crippen LogP contribution in [0.4, 0.5) is 0 Å². The summed E-state index contributed by atoms with van der Waals surface area (Å²) in [5.41, 5.74) is 0.929. The highest BCUT2D eigenvalue weighted by molar-refractivity contribution is 5.43. The summed E-state index contributed by atoms with van der Waals surface area (Å²) in [5.74, 6) is 0. The van der Waals surface area contributed by atoms with E-state index in [1.54, 1.807) is 30.3 Å². The SMILES string of the molecule is CC1=CNC(O)C([N+](=O)[O-])=C1/C=C/N(C)C. The van der Waals surface area contributed by atoms with Crippen LogP contribution in [0.5, 0.6) is 0 Å². The monoisotopic (exact) mass is 225 g/mol. The summed E-state index contributed by atoms with van der Waals surface area (Å²) < 4.78 is 0. The van der Waals surface area contributed by atoms with E-state index in [0.717, 1.165) is 5.57 Å². The van der Waals surface area contributed by atoms with Crippen LogP contribution in [0.15, 0.2) is 35.3 Å². The van der Waals surface area contributed by atoms with E-state index in [2.05, 4.69) is 5.32 Å². The van der Waals surface area contributed by atoms with E-state index >= 15 is 0 Å². The van der Waals surface area contributed by atoms with E-state index in [1.807, 2.05) is 14.1 Å². The van der Waals surface area contributed by atoms with Crippen molar-refractivity contribution in [2.24, 2.45) is 0 Å². The van der Waals surface area contributed by atoms with E-state index in [1.165, 1.54) is 0 Å². The smallest absolute Gasteiger partial charge is 0.302 e. The molecule has 1 heterocycles. The average molecular weight is 225 g/mol. The van der Waals surface area contributed by atoms with Gasteiger partial charge in [-0.05, 0) is 24.8 Å². The Morgan fingerprint density at radius 1 is 1.62 bits per heavy atom. The lowest BCUT2D eigenvalue weighted by Gasteiger charge is -2.18. The third kappa shape index (κ3) is 2.60. The van der Waals surface area contributed by atoms with Crippen molar-refractivity contribution in [2.75, 3.05) is 14.1 Å². The van der Waals surface area contributed by atoms with Crippen molar-refractivity contribution in [3.63, 3.8) is 0 Å². The largest absolute Gasteiger partial charge is 0.383 e. The number of rotatable bonds is 3. The number of nitro groups is 1. The van der Waals surface area contributed by atoms with Crippen molar-refractivity contribution < 1.29 is 10.0 Å². The fraction of sp³-hybridized carbons (Fsp3) is 0.400. The minimum atomic E-state index is -1.26. The van der Waals surface area contributed by atoms with E-state index < -0.39 is 11.2 Å². The first-order valence-electron chi connectivity index (χ1n) is 4.78. The van der Waals surface area contributed by atoms with Gasteiger partial charge in [-0.25, -0.2) is 0 Å². The van der Waals surface area contributed by atoms with Gasteiger partial charge in [-0.1, -0.05) is 0 Å². The molecule has 16 heavy (non-hydrogen) atoms. The highest BCUT2D eigenvalue weighted by atomic mass is 16.6. The van der Waals surface area contributed by atoms with Crippen LogP contribution >= 0.6 is 0 Å². The number of allylic oxidation sites excluding steroid dienone is 3. The number of nitrogens with zero attached hydrogens (tertiary/aromatic N) is 2. The molecule has 2 N–H and O–H groups in total. The first kappa shape index (κ1) is 12.3. The maximum absolute atomic E-state index is 10.8. The molecule has 0 aliphatic carbocycles. The van der Waals surface area contributed by atoms with Crippen LogP contribution in [-0.2, 0) is 0 Å². The molecule has 6 heteroatoms. The number of hydrogen-bond donors (Lipinski definition) is 2. The lowest BCUT2D eigenvalue weighted by atomic mass is 10.0. The second kappa shape index (κ2) is 4.80. The van der Waals surface area contributed by atoms with Crippen LogP contribution in [0.3, 0.4) is 0 Å². The summed E-state index contributed by atoms with van der Waals surface area (Å²) in [4.78, 5) is 12.0. The summed E-state index contributed by atoms with van der Waals surface area (Å²) in [6, 6.07) is 0. The van der Waals surface area contributed by atoms with Gasteiger partial charge >= 0.3 is 5.70 Å². The third-order valence-corrected chi connectivity index (χ3v) is 2.15.